The van der Waals surface area contributed by atoms with Gasteiger partial charge in [0, 0.05) is 18.7 Å². The second kappa shape index (κ2) is 12.0. The van der Waals surface area contributed by atoms with Crippen LogP contribution in [0.5, 0.6) is 11.5 Å². The van der Waals surface area contributed by atoms with Gasteiger partial charge in [-0.1, -0.05) is 11.6 Å². The van der Waals surface area contributed by atoms with E-state index in [4.69, 9.17) is 26.2 Å². The van der Waals surface area contributed by atoms with Crippen molar-refractivity contribution >= 4 is 57.9 Å². The van der Waals surface area contributed by atoms with Crippen molar-refractivity contribution in [1.82, 2.24) is 4.90 Å². The van der Waals surface area contributed by atoms with Gasteiger partial charge in [-0.25, -0.2) is 9.79 Å². The summed E-state index contributed by atoms with van der Waals surface area (Å²) in [6, 6.07) is 15.4. The maximum atomic E-state index is 13.1. The Bertz CT molecular complexity index is 1490. The normalized spacial score (nSPS) is 15.2. The fraction of sp³-hybridized carbons (Fsp3) is 0.148. The molecule has 0 aliphatic carbocycles. The minimum absolute atomic E-state index is 0.0167. The van der Waals surface area contributed by atoms with Gasteiger partial charge in [-0.05, 0) is 84.4 Å². The SMILES string of the molecule is CCN1C(=O)/C(=C/c2cc(Cl)c(OCc3ccc([N+](=O)[O-])cc3)c(OC)c2)SC1=Nc1ccc(C(=O)O)cc1. The molecule has 1 N–H and O–H groups in total. The number of thioether (sulfide) groups is 1. The third-order valence-corrected chi connectivity index (χ3v) is 6.91. The number of aliphatic imine (C=N–C) groups is 1. The van der Waals surface area contributed by atoms with E-state index in [0.717, 1.165) is 0 Å². The minimum atomic E-state index is -1.03. The van der Waals surface area contributed by atoms with Crippen molar-refractivity contribution < 1.29 is 29.1 Å². The van der Waals surface area contributed by atoms with Crippen molar-refractivity contribution in [3.63, 3.8) is 0 Å². The fourth-order valence-corrected chi connectivity index (χ4v) is 4.98. The highest BCUT2D eigenvalue weighted by Crippen LogP contribution is 2.39. The third kappa shape index (κ3) is 6.39. The molecule has 1 saturated heterocycles. The van der Waals surface area contributed by atoms with E-state index in [1.54, 1.807) is 42.5 Å². The highest BCUT2D eigenvalue weighted by Gasteiger charge is 2.32. The average molecular weight is 568 g/mol. The molecule has 10 nitrogen and oxygen atoms in total. The van der Waals surface area contributed by atoms with Crippen LogP contribution in [-0.4, -0.2) is 45.6 Å². The first-order valence-electron chi connectivity index (χ1n) is 11.6. The molecule has 0 atom stereocenters. The molecule has 1 amide bonds. The van der Waals surface area contributed by atoms with E-state index in [-0.39, 0.29) is 28.8 Å². The van der Waals surface area contributed by atoms with Gasteiger partial charge < -0.3 is 14.6 Å². The van der Waals surface area contributed by atoms with Gasteiger partial charge >= 0.3 is 5.97 Å². The van der Waals surface area contributed by atoms with E-state index in [2.05, 4.69) is 4.99 Å². The van der Waals surface area contributed by atoms with E-state index < -0.39 is 10.9 Å². The first kappa shape index (κ1) is 27.7. The maximum absolute atomic E-state index is 13.1. The van der Waals surface area contributed by atoms with Crippen molar-refractivity contribution in [3.05, 3.63) is 97.4 Å². The third-order valence-electron chi connectivity index (χ3n) is 5.62. The molecule has 1 heterocycles. The van der Waals surface area contributed by atoms with E-state index in [1.165, 1.54) is 48.0 Å². The van der Waals surface area contributed by atoms with Crippen molar-refractivity contribution in [2.24, 2.45) is 4.99 Å². The van der Waals surface area contributed by atoms with Crippen molar-refractivity contribution in [2.45, 2.75) is 13.5 Å². The van der Waals surface area contributed by atoms with Crippen LogP contribution in [0.1, 0.15) is 28.4 Å². The number of benzene rings is 3. The van der Waals surface area contributed by atoms with Gasteiger partial charge in [-0.2, -0.15) is 0 Å². The lowest BCUT2D eigenvalue weighted by Crippen LogP contribution is -2.28. The van der Waals surface area contributed by atoms with Crippen LogP contribution in [0.25, 0.3) is 6.08 Å². The van der Waals surface area contributed by atoms with Gasteiger partial charge in [0.25, 0.3) is 11.6 Å². The molecule has 1 aliphatic heterocycles. The van der Waals surface area contributed by atoms with Crippen molar-refractivity contribution in [3.8, 4) is 11.5 Å². The molecule has 1 fully saturated rings. The number of hydrogen-bond acceptors (Lipinski definition) is 8. The summed E-state index contributed by atoms with van der Waals surface area (Å²) in [6.07, 6.45) is 1.68. The number of carboxylic acid groups (broad SMARTS) is 1. The summed E-state index contributed by atoms with van der Waals surface area (Å²) in [7, 11) is 1.47. The number of nitro benzene ring substituents is 1. The predicted octanol–water partition coefficient (Wildman–Crippen LogP) is 6.16. The zero-order valence-electron chi connectivity index (χ0n) is 20.8. The fourth-order valence-electron chi connectivity index (χ4n) is 3.64. The highest BCUT2D eigenvalue weighted by molar-refractivity contribution is 8.18. The summed E-state index contributed by atoms with van der Waals surface area (Å²) in [4.78, 5) is 41.0. The molecule has 0 aromatic heterocycles. The van der Waals surface area contributed by atoms with Crippen LogP contribution >= 0.6 is 23.4 Å². The lowest BCUT2D eigenvalue weighted by atomic mass is 10.1. The first-order valence-corrected chi connectivity index (χ1v) is 12.8. The Morgan fingerprint density at radius 2 is 1.87 bits per heavy atom. The first-order chi connectivity index (χ1) is 18.7. The van der Waals surface area contributed by atoms with Gasteiger partial charge in [0.15, 0.2) is 16.7 Å². The topological polar surface area (TPSA) is 132 Å². The summed E-state index contributed by atoms with van der Waals surface area (Å²) >= 11 is 7.70. The van der Waals surface area contributed by atoms with Crippen LogP contribution in [-0.2, 0) is 11.4 Å². The van der Waals surface area contributed by atoms with E-state index >= 15 is 0 Å². The molecular weight excluding hydrogens is 546 g/mol. The number of likely N-dealkylation sites (N-methyl/N-ethyl adjacent to an activating group) is 1. The zero-order valence-corrected chi connectivity index (χ0v) is 22.4. The summed E-state index contributed by atoms with van der Waals surface area (Å²) in [5.74, 6) is -0.604. The van der Waals surface area contributed by atoms with Gasteiger partial charge in [-0.3, -0.25) is 19.8 Å². The molecule has 0 radical (unpaired) electrons. The summed E-state index contributed by atoms with van der Waals surface area (Å²) in [5, 5.41) is 20.7. The van der Waals surface area contributed by atoms with Gasteiger partial charge in [0.05, 0.1) is 33.2 Å². The summed E-state index contributed by atoms with van der Waals surface area (Å²) in [5.41, 5.74) is 1.97. The lowest BCUT2D eigenvalue weighted by Gasteiger charge is -2.14. The number of carbonyl (C=O) groups excluding carboxylic acids is 1. The Morgan fingerprint density at radius 1 is 1.18 bits per heavy atom. The van der Waals surface area contributed by atoms with Crippen LogP contribution in [0.2, 0.25) is 5.02 Å². The van der Waals surface area contributed by atoms with Crippen LogP contribution in [0, 0.1) is 10.1 Å². The quantitative estimate of drug-likeness (QED) is 0.185. The Balaban J connectivity index is 1.55. The van der Waals surface area contributed by atoms with Gasteiger partial charge in [0.2, 0.25) is 0 Å². The van der Waals surface area contributed by atoms with Crippen LogP contribution in [0.15, 0.2) is 70.6 Å². The number of amides is 1. The van der Waals surface area contributed by atoms with Gasteiger partial charge in [0.1, 0.15) is 6.61 Å². The molecule has 3 aromatic carbocycles. The number of halogens is 1. The number of aromatic carboxylic acids is 1. The monoisotopic (exact) mass is 567 g/mol. The Kier molecular flexibility index (Phi) is 8.52. The molecule has 0 spiro atoms. The predicted molar refractivity (Wildman–Crippen MR) is 149 cm³/mol. The smallest absolute Gasteiger partial charge is 0.335 e. The number of rotatable bonds is 9. The number of carboxylic acids is 1. The number of carbonyl (C=O) groups is 2. The summed E-state index contributed by atoms with van der Waals surface area (Å²) < 4.78 is 11.3. The van der Waals surface area contributed by atoms with Gasteiger partial charge in [-0.15, -0.1) is 0 Å². The molecular formula is C27H22ClN3O7S. The standard InChI is InChI=1S/C27H22ClN3O7S/c1-3-30-25(32)23(39-27(30)29-19-8-6-18(7-9-19)26(33)34)14-17-12-21(28)24(22(13-17)37-2)38-15-16-4-10-20(11-5-16)31(35)36/h4-14H,3,15H2,1-2H3,(H,33,34)/b23-14-,29-27?. The maximum Gasteiger partial charge on any atom is 0.335 e. The lowest BCUT2D eigenvalue weighted by molar-refractivity contribution is -0.384. The number of amidine groups is 1. The number of nitro groups is 1. The second-order valence-electron chi connectivity index (χ2n) is 8.15. The Hall–Kier alpha value is -4.35. The number of methoxy groups -OCH3 is 1. The molecule has 4 rings (SSSR count). The van der Waals surface area contributed by atoms with Crippen molar-refractivity contribution in [2.75, 3.05) is 13.7 Å². The number of hydrogen-bond donors (Lipinski definition) is 1. The summed E-state index contributed by atoms with van der Waals surface area (Å²) in [6.45, 7) is 2.34. The molecule has 3 aromatic rings. The van der Waals surface area contributed by atoms with Crippen LogP contribution in [0.4, 0.5) is 11.4 Å². The Morgan fingerprint density at radius 3 is 2.46 bits per heavy atom. The largest absolute Gasteiger partial charge is 0.493 e. The average Bonchev–Trinajstić information content (AvgIpc) is 3.21. The van der Waals surface area contributed by atoms with Crippen LogP contribution in [0.3, 0.4) is 0 Å². The number of nitrogens with zero attached hydrogens (tertiary/aromatic N) is 3. The molecule has 12 heteroatoms. The molecule has 39 heavy (non-hydrogen) atoms. The van der Waals surface area contributed by atoms with E-state index in [0.29, 0.717) is 44.9 Å². The highest BCUT2D eigenvalue weighted by atomic mass is 35.5. The molecule has 0 saturated carbocycles. The zero-order chi connectivity index (χ0) is 28.1. The van der Waals surface area contributed by atoms with E-state index in [9.17, 15) is 19.7 Å². The van der Waals surface area contributed by atoms with E-state index in [1.807, 2.05) is 6.92 Å². The minimum Gasteiger partial charge on any atom is -0.493 e. The molecule has 0 bridgehead atoms. The second-order valence-corrected chi connectivity index (χ2v) is 9.57. The van der Waals surface area contributed by atoms with Crippen molar-refractivity contribution in [1.29, 1.82) is 0 Å². The number of non-ortho nitro benzene ring substituents is 1. The molecule has 200 valence electrons. The molecule has 1 aliphatic rings. The molecule has 0 unspecified atom stereocenters. The Labute approximate surface area is 232 Å². The van der Waals surface area contributed by atoms with Crippen LogP contribution < -0.4 is 9.47 Å². The number of ether oxygens (including phenoxy) is 2.